The molecule has 0 rings (SSSR count). The monoisotopic (exact) mass is 175 g/mol. The van der Waals surface area contributed by atoms with Gasteiger partial charge in [-0.25, -0.2) is 0 Å². The summed E-state index contributed by atoms with van der Waals surface area (Å²) in [4.78, 5) is 0. The average molecular weight is 175 g/mol. The van der Waals surface area contributed by atoms with Crippen LogP contribution in [0.15, 0.2) is 0 Å². The van der Waals surface area contributed by atoms with Gasteiger partial charge in [-0.3, -0.25) is 0 Å². The molecule has 0 heterocycles. The fourth-order valence-corrected chi connectivity index (χ4v) is 1.14. The predicted octanol–water partition coefficient (Wildman–Crippen LogP) is 3.55. The molecule has 0 aromatic heterocycles. The second kappa shape index (κ2) is 5.52. The Morgan fingerprint density at radius 3 is 2.17 bits per heavy atom. The Hall–Kier alpha value is -0.110. The van der Waals surface area contributed by atoms with Crippen LogP contribution in [0.3, 0.4) is 0 Å². The van der Waals surface area contributed by atoms with E-state index in [1.165, 1.54) is 26.3 Å². The molecule has 0 bridgehead atoms. The van der Waals surface area contributed by atoms with Gasteiger partial charge >= 0.3 is 0 Å². The van der Waals surface area contributed by atoms with Crippen molar-refractivity contribution in [3.63, 3.8) is 0 Å². The van der Waals surface area contributed by atoms with Crippen LogP contribution in [0.1, 0.15) is 52.9 Å². The summed E-state index contributed by atoms with van der Waals surface area (Å²) in [5.41, 5.74) is -0.284. The molecular formula is C10H22FN. The van der Waals surface area contributed by atoms with Gasteiger partial charge in [-0.1, -0.05) is 32.6 Å². The number of halogens is 1. The van der Waals surface area contributed by atoms with E-state index in [-0.39, 0.29) is 5.54 Å². The van der Waals surface area contributed by atoms with Crippen LogP contribution < -0.4 is 0 Å². The van der Waals surface area contributed by atoms with Gasteiger partial charge in [0.15, 0.2) is 0 Å². The van der Waals surface area contributed by atoms with Crippen LogP contribution in [0.2, 0.25) is 0 Å². The minimum absolute atomic E-state index is 0.284. The lowest BCUT2D eigenvalue weighted by molar-refractivity contribution is -0.0458. The lowest BCUT2D eigenvalue weighted by atomic mass is 9.96. The molecule has 0 saturated heterocycles. The fourth-order valence-electron chi connectivity index (χ4n) is 1.14. The zero-order valence-corrected chi connectivity index (χ0v) is 8.86. The molecule has 0 radical (unpaired) electrons. The SMILES string of the molecule is CCCCCCC(C)(C)N(C)F. The van der Waals surface area contributed by atoms with Crippen molar-refractivity contribution in [1.82, 2.24) is 5.12 Å². The first-order valence-corrected chi connectivity index (χ1v) is 4.90. The van der Waals surface area contributed by atoms with Gasteiger partial charge in [-0.2, -0.15) is 0 Å². The van der Waals surface area contributed by atoms with E-state index in [1.54, 1.807) is 0 Å². The molecule has 0 amide bonds. The fraction of sp³-hybridized carbons (Fsp3) is 1.00. The Morgan fingerprint density at radius 2 is 1.75 bits per heavy atom. The van der Waals surface area contributed by atoms with E-state index in [9.17, 15) is 4.48 Å². The Labute approximate surface area is 75.9 Å². The smallest absolute Gasteiger partial charge is 0.0453 e. The highest BCUT2D eigenvalue weighted by Crippen LogP contribution is 2.20. The van der Waals surface area contributed by atoms with Crippen LogP contribution in [0.5, 0.6) is 0 Å². The molecule has 0 atom stereocenters. The van der Waals surface area contributed by atoms with Gasteiger partial charge in [0.25, 0.3) is 0 Å². The largest absolute Gasteiger partial charge is 0.144 e. The lowest BCUT2D eigenvalue weighted by Crippen LogP contribution is -2.34. The molecule has 1 nitrogen and oxygen atoms in total. The summed E-state index contributed by atoms with van der Waals surface area (Å²) in [6, 6.07) is 0. The summed E-state index contributed by atoms with van der Waals surface area (Å²) in [6.45, 7) is 6.07. The molecule has 12 heavy (non-hydrogen) atoms. The van der Waals surface area contributed by atoms with Crippen molar-refractivity contribution in [3.8, 4) is 0 Å². The minimum Gasteiger partial charge on any atom is -0.144 e. The molecule has 0 aromatic carbocycles. The highest BCUT2D eigenvalue weighted by molar-refractivity contribution is 4.73. The Balaban J connectivity index is 3.47. The van der Waals surface area contributed by atoms with E-state index in [1.807, 2.05) is 13.8 Å². The molecule has 0 N–H and O–H groups in total. The molecule has 0 aromatic rings. The zero-order valence-electron chi connectivity index (χ0n) is 8.86. The number of unbranched alkanes of at least 4 members (excludes halogenated alkanes) is 3. The van der Waals surface area contributed by atoms with Crippen LogP contribution in [-0.4, -0.2) is 17.7 Å². The second-order valence-corrected chi connectivity index (χ2v) is 4.10. The molecule has 0 fully saturated rings. The van der Waals surface area contributed by atoms with Crippen molar-refractivity contribution in [2.75, 3.05) is 7.05 Å². The van der Waals surface area contributed by atoms with Crippen molar-refractivity contribution in [2.45, 2.75) is 58.4 Å². The first kappa shape index (κ1) is 11.9. The van der Waals surface area contributed by atoms with Crippen LogP contribution >= 0.6 is 0 Å². The molecule has 0 aliphatic rings. The third-order valence-electron chi connectivity index (χ3n) is 2.48. The van der Waals surface area contributed by atoms with E-state index >= 15 is 0 Å². The van der Waals surface area contributed by atoms with Gasteiger partial charge in [-0.15, -0.1) is 9.60 Å². The highest BCUT2D eigenvalue weighted by atomic mass is 19.2. The molecule has 2 heteroatoms. The van der Waals surface area contributed by atoms with Gasteiger partial charge < -0.3 is 0 Å². The summed E-state index contributed by atoms with van der Waals surface area (Å²) in [7, 11) is 1.50. The molecule has 0 saturated carbocycles. The summed E-state index contributed by atoms with van der Waals surface area (Å²) in [5.74, 6) is 0. The number of hydrogen-bond donors (Lipinski definition) is 0. The molecule has 0 unspecified atom stereocenters. The van der Waals surface area contributed by atoms with E-state index in [4.69, 9.17) is 0 Å². The highest BCUT2D eigenvalue weighted by Gasteiger charge is 2.22. The molecule has 0 aliphatic heterocycles. The van der Waals surface area contributed by atoms with Gasteiger partial charge in [-0.05, 0) is 20.3 Å². The summed E-state index contributed by atoms with van der Waals surface area (Å²) < 4.78 is 12.8. The third-order valence-corrected chi connectivity index (χ3v) is 2.48. The van der Waals surface area contributed by atoms with Crippen molar-refractivity contribution < 1.29 is 4.48 Å². The first-order valence-electron chi connectivity index (χ1n) is 4.90. The topological polar surface area (TPSA) is 3.24 Å². The average Bonchev–Trinajstić information content (AvgIpc) is 1.98. The number of nitrogens with zero attached hydrogens (tertiary/aromatic N) is 1. The summed E-state index contributed by atoms with van der Waals surface area (Å²) in [5, 5.41) is 0.818. The molecular weight excluding hydrogens is 153 g/mol. The van der Waals surface area contributed by atoms with Gasteiger partial charge in [0.1, 0.15) is 0 Å². The second-order valence-electron chi connectivity index (χ2n) is 4.10. The maximum Gasteiger partial charge on any atom is 0.0453 e. The number of rotatable bonds is 6. The van der Waals surface area contributed by atoms with Gasteiger partial charge in [0.2, 0.25) is 0 Å². The first-order chi connectivity index (χ1) is 5.50. The minimum atomic E-state index is -0.284. The van der Waals surface area contributed by atoms with E-state index in [2.05, 4.69) is 6.92 Å². The molecule has 0 aliphatic carbocycles. The van der Waals surface area contributed by atoms with E-state index in [0.717, 1.165) is 18.0 Å². The lowest BCUT2D eigenvalue weighted by Gasteiger charge is -2.28. The third kappa shape index (κ3) is 4.70. The van der Waals surface area contributed by atoms with Gasteiger partial charge in [0, 0.05) is 12.6 Å². The van der Waals surface area contributed by atoms with Crippen molar-refractivity contribution in [3.05, 3.63) is 0 Å². The molecule has 0 spiro atoms. The molecule has 74 valence electrons. The van der Waals surface area contributed by atoms with Crippen molar-refractivity contribution in [2.24, 2.45) is 0 Å². The maximum atomic E-state index is 12.8. The summed E-state index contributed by atoms with van der Waals surface area (Å²) in [6.07, 6.45) is 5.82. The van der Waals surface area contributed by atoms with Crippen LogP contribution in [0.25, 0.3) is 0 Å². The van der Waals surface area contributed by atoms with E-state index in [0.29, 0.717) is 0 Å². The van der Waals surface area contributed by atoms with Crippen molar-refractivity contribution >= 4 is 0 Å². The summed E-state index contributed by atoms with van der Waals surface area (Å²) >= 11 is 0. The zero-order chi connectivity index (χ0) is 9.61. The van der Waals surface area contributed by atoms with E-state index < -0.39 is 0 Å². The predicted molar refractivity (Wildman–Crippen MR) is 51.7 cm³/mol. The van der Waals surface area contributed by atoms with Crippen LogP contribution in [0.4, 0.5) is 4.48 Å². The Morgan fingerprint density at radius 1 is 1.17 bits per heavy atom. The normalized spacial score (nSPS) is 12.5. The van der Waals surface area contributed by atoms with Crippen LogP contribution in [-0.2, 0) is 0 Å². The maximum absolute atomic E-state index is 12.8. The standard InChI is InChI=1S/C10H22FN/c1-5-6-7-8-9-10(2,3)12(4)11/h5-9H2,1-4H3. The van der Waals surface area contributed by atoms with Crippen LogP contribution in [0, 0.1) is 0 Å². The quantitative estimate of drug-likeness (QED) is 0.441. The number of hydrogen-bond acceptors (Lipinski definition) is 1. The Kier molecular flexibility index (Phi) is 5.47. The Bertz CT molecular complexity index is 110. The van der Waals surface area contributed by atoms with Crippen molar-refractivity contribution in [1.29, 1.82) is 0 Å². The van der Waals surface area contributed by atoms with Gasteiger partial charge in [0.05, 0.1) is 0 Å².